The van der Waals surface area contributed by atoms with Crippen molar-refractivity contribution in [3.63, 3.8) is 0 Å². The van der Waals surface area contributed by atoms with Crippen LogP contribution in [-0.2, 0) is 13.1 Å². The monoisotopic (exact) mass is 292 g/mol. The summed E-state index contributed by atoms with van der Waals surface area (Å²) in [6.45, 7) is 5.63. The summed E-state index contributed by atoms with van der Waals surface area (Å²) in [5.74, 6) is -0.145. The van der Waals surface area contributed by atoms with Gasteiger partial charge in [0.05, 0.1) is 6.54 Å². The third kappa shape index (κ3) is 3.38. The molecule has 0 aliphatic rings. The molecule has 0 radical (unpaired) electrons. The minimum Gasteiger partial charge on any atom is -0.364 e. The molecule has 1 aromatic carbocycles. The third-order valence-corrected chi connectivity index (χ3v) is 4.15. The highest BCUT2D eigenvalue weighted by molar-refractivity contribution is 7.09. The number of hydrogen-bond acceptors (Lipinski definition) is 3. The van der Waals surface area contributed by atoms with Gasteiger partial charge in [-0.15, -0.1) is 11.3 Å². The van der Waals surface area contributed by atoms with Crippen LogP contribution < -0.4 is 10.2 Å². The second kappa shape index (κ2) is 6.86. The molecule has 0 saturated heterocycles. The molecule has 0 aliphatic heterocycles. The number of hydrogen-bond donors (Lipinski definition) is 1. The van der Waals surface area contributed by atoms with Gasteiger partial charge in [0.2, 0.25) is 0 Å². The molecule has 0 fully saturated rings. The van der Waals surface area contributed by atoms with Crippen LogP contribution in [0.4, 0.5) is 10.1 Å². The zero-order valence-electron chi connectivity index (χ0n) is 12.2. The van der Waals surface area contributed by atoms with Crippen molar-refractivity contribution in [3.8, 4) is 0 Å². The minimum absolute atomic E-state index is 0.145. The maximum Gasteiger partial charge on any atom is 0.129 e. The Labute approximate surface area is 124 Å². The lowest BCUT2D eigenvalue weighted by Gasteiger charge is -2.30. The molecular formula is C16H21FN2S. The summed E-state index contributed by atoms with van der Waals surface area (Å²) in [4.78, 5) is 3.54. The van der Waals surface area contributed by atoms with E-state index in [9.17, 15) is 4.39 Å². The lowest BCUT2D eigenvalue weighted by molar-refractivity contribution is 0.594. The van der Waals surface area contributed by atoms with Gasteiger partial charge in [-0.1, -0.05) is 12.1 Å². The molecule has 0 bridgehead atoms. The normalized spacial score (nSPS) is 11.1. The molecule has 2 nitrogen and oxygen atoms in total. The Morgan fingerprint density at radius 3 is 2.65 bits per heavy atom. The van der Waals surface area contributed by atoms with Gasteiger partial charge in [0, 0.05) is 28.7 Å². The number of thiophene rings is 1. The smallest absolute Gasteiger partial charge is 0.129 e. The van der Waals surface area contributed by atoms with Crippen LogP contribution in [0.2, 0.25) is 0 Å². The van der Waals surface area contributed by atoms with E-state index >= 15 is 0 Å². The first kappa shape index (κ1) is 15.0. The van der Waals surface area contributed by atoms with Crippen molar-refractivity contribution < 1.29 is 4.39 Å². The van der Waals surface area contributed by atoms with Crippen molar-refractivity contribution >= 4 is 17.0 Å². The fourth-order valence-electron chi connectivity index (χ4n) is 2.28. The van der Waals surface area contributed by atoms with Crippen LogP contribution >= 0.6 is 11.3 Å². The number of halogens is 1. The molecular weight excluding hydrogens is 271 g/mol. The molecule has 1 N–H and O–H groups in total. The quantitative estimate of drug-likeness (QED) is 0.865. The molecule has 0 spiro atoms. The predicted octanol–water partition coefficient (Wildman–Crippen LogP) is 4.02. The summed E-state index contributed by atoms with van der Waals surface area (Å²) < 4.78 is 14.1. The first-order valence-electron chi connectivity index (χ1n) is 6.84. The molecule has 2 rings (SSSR count). The van der Waals surface area contributed by atoms with Crippen LogP contribution in [-0.4, -0.2) is 13.1 Å². The van der Waals surface area contributed by atoms with Gasteiger partial charge in [-0.2, -0.15) is 0 Å². The standard InChI is InChI=1S/C16H21FN2S/c1-12(2)19(11-13-6-5-9-20-13)16-8-4-7-15(17)14(16)10-18-3/h4-9,12,18H,10-11H2,1-3H3. The van der Waals surface area contributed by atoms with Crippen molar-refractivity contribution in [1.82, 2.24) is 5.32 Å². The Bertz CT molecular complexity index is 537. The maximum absolute atomic E-state index is 14.1. The van der Waals surface area contributed by atoms with Gasteiger partial charge in [0.1, 0.15) is 5.82 Å². The summed E-state index contributed by atoms with van der Waals surface area (Å²) in [6.07, 6.45) is 0. The highest BCUT2D eigenvalue weighted by atomic mass is 32.1. The van der Waals surface area contributed by atoms with Gasteiger partial charge in [0.15, 0.2) is 0 Å². The Balaban J connectivity index is 2.36. The lowest BCUT2D eigenvalue weighted by Crippen LogP contribution is -2.31. The fourth-order valence-corrected chi connectivity index (χ4v) is 2.99. The number of nitrogens with one attached hydrogen (secondary N) is 1. The van der Waals surface area contributed by atoms with Crippen LogP contribution in [0.25, 0.3) is 0 Å². The van der Waals surface area contributed by atoms with E-state index in [4.69, 9.17) is 0 Å². The number of rotatable bonds is 6. The van der Waals surface area contributed by atoms with Crippen molar-refractivity contribution in [1.29, 1.82) is 0 Å². The Kier molecular flexibility index (Phi) is 5.15. The Morgan fingerprint density at radius 2 is 2.05 bits per heavy atom. The molecule has 108 valence electrons. The van der Waals surface area contributed by atoms with E-state index in [1.54, 1.807) is 17.4 Å². The summed E-state index contributed by atoms with van der Waals surface area (Å²) in [5.41, 5.74) is 1.71. The Morgan fingerprint density at radius 1 is 1.25 bits per heavy atom. The van der Waals surface area contributed by atoms with E-state index in [1.807, 2.05) is 13.1 Å². The van der Waals surface area contributed by atoms with E-state index in [1.165, 1.54) is 10.9 Å². The van der Waals surface area contributed by atoms with Crippen molar-refractivity contribution in [3.05, 3.63) is 52.0 Å². The molecule has 1 heterocycles. The molecule has 4 heteroatoms. The predicted molar refractivity (Wildman–Crippen MR) is 84.8 cm³/mol. The van der Waals surface area contributed by atoms with Crippen LogP contribution in [0.5, 0.6) is 0 Å². The second-order valence-electron chi connectivity index (χ2n) is 5.07. The summed E-state index contributed by atoms with van der Waals surface area (Å²) in [5, 5.41) is 5.13. The van der Waals surface area contributed by atoms with E-state index in [-0.39, 0.29) is 5.82 Å². The molecule has 0 aliphatic carbocycles. The number of anilines is 1. The van der Waals surface area contributed by atoms with Crippen LogP contribution in [0.1, 0.15) is 24.3 Å². The van der Waals surface area contributed by atoms with Crippen LogP contribution in [0.3, 0.4) is 0 Å². The molecule has 2 aromatic rings. The van der Waals surface area contributed by atoms with Gasteiger partial charge in [-0.3, -0.25) is 0 Å². The molecule has 0 amide bonds. The summed E-state index contributed by atoms with van der Waals surface area (Å²) in [7, 11) is 1.84. The lowest BCUT2D eigenvalue weighted by atomic mass is 10.1. The van der Waals surface area contributed by atoms with Gasteiger partial charge in [-0.25, -0.2) is 4.39 Å². The first-order chi connectivity index (χ1) is 9.63. The maximum atomic E-state index is 14.1. The summed E-state index contributed by atoms with van der Waals surface area (Å²) in [6, 6.07) is 9.81. The van der Waals surface area contributed by atoms with E-state index < -0.39 is 0 Å². The number of nitrogens with zero attached hydrogens (tertiary/aromatic N) is 1. The summed E-state index contributed by atoms with van der Waals surface area (Å²) >= 11 is 1.74. The van der Waals surface area contributed by atoms with Crippen molar-refractivity contribution in [2.24, 2.45) is 0 Å². The second-order valence-corrected chi connectivity index (χ2v) is 6.10. The first-order valence-corrected chi connectivity index (χ1v) is 7.72. The Hall–Kier alpha value is -1.39. The topological polar surface area (TPSA) is 15.3 Å². The zero-order chi connectivity index (χ0) is 14.5. The fraction of sp³-hybridized carbons (Fsp3) is 0.375. The van der Waals surface area contributed by atoms with Crippen LogP contribution in [0, 0.1) is 5.82 Å². The van der Waals surface area contributed by atoms with Crippen LogP contribution in [0.15, 0.2) is 35.7 Å². The van der Waals surface area contributed by atoms with Crippen molar-refractivity contribution in [2.75, 3.05) is 11.9 Å². The molecule has 20 heavy (non-hydrogen) atoms. The number of benzene rings is 1. The van der Waals surface area contributed by atoms with E-state index in [2.05, 4.69) is 41.6 Å². The van der Waals surface area contributed by atoms with Crippen molar-refractivity contribution in [2.45, 2.75) is 33.0 Å². The largest absolute Gasteiger partial charge is 0.364 e. The zero-order valence-corrected chi connectivity index (χ0v) is 13.0. The molecule has 0 atom stereocenters. The van der Waals surface area contributed by atoms with E-state index in [0.717, 1.165) is 17.8 Å². The highest BCUT2D eigenvalue weighted by Crippen LogP contribution is 2.27. The van der Waals surface area contributed by atoms with Gasteiger partial charge < -0.3 is 10.2 Å². The van der Waals surface area contributed by atoms with Gasteiger partial charge in [0.25, 0.3) is 0 Å². The van der Waals surface area contributed by atoms with Gasteiger partial charge in [-0.05, 0) is 44.5 Å². The highest BCUT2D eigenvalue weighted by Gasteiger charge is 2.17. The molecule has 0 unspecified atom stereocenters. The van der Waals surface area contributed by atoms with E-state index in [0.29, 0.717) is 12.6 Å². The van der Waals surface area contributed by atoms with Gasteiger partial charge >= 0.3 is 0 Å². The third-order valence-electron chi connectivity index (χ3n) is 3.29. The molecule has 0 saturated carbocycles. The molecule has 1 aromatic heterocycles. The minimum atomic E-state index is -0.145. The average Bonchev–Trinajstić information content (AvgIpc) is 2.91. The average molecular weight is 292 g/mol. The SMILES string of the molecule is CNCc1c(F)cccc1N(Cc1cccs1)C(C)C.